The molecule has 8 heteroatoms. The van der Waals surface area contributed by atoms with Crippen LogP contribution < -0.4 is 16.4 Å². The summed E-state index contributed by atoms with van der Waals surface area (Å²) in [6.07, 6.45) is 0.000157. The Bertz CT molecular complexity index is 415. The van der Waals surface area contributed by atoms with Crippen molar-refractivity contribution in [1.82, 2.24) is 14.9 Å². The van der Waals surface area contributed by atoms with Gasteiger partial charge >= 0.3 is 17.5 Å². The lowest BCUT2D eigenvalue weighted by atomic mass is 10.3. The molecule has 1 rings (SSSR count). The molecule has 0 aliphatic carbocycles. The lowest BCUT2D eigenvalue weighted by Crippen LogP contribution is -2.50. The highest BCUT2D eigenvalue weighted by molar-refractivity contribution is 5.76. The Morgan fingerprint density at radius 3 is 2.33 bits per heavy atom. The molecule has 1 amide bonds. The average molecular weight is 216 g/mol. The van der Waals surface area contributed by atoms with Crippen LogP contribution >= 0.6 is 0 Å². The number of unbranched alkanes of at least 4 members (excludes halogenated alkanes) is 1. The van der Waals surface area contributed by atoms with E-state index < -0.39 is 17.5 Å². The maximum Gasteiger partial charge on any atom is 0.426 e. The van der Waals surface area contributed by atoms with Crippen molar-refractivity contribution in [3.63, 3.8) is 0 Å². The van der Waals surface area contributed by atoms with E-state index in [-0.39, 0.29) is 6.54 Å². The predicted molar refractivity (Wildman–Crippen MR) is 51.7 cm³/mol. The standard InChI is InChI=1S/C7H12N4O4/c1-2-3-4-10(7(14)15)11-5(12)8-9-6(11)13/h2-4H2,1H3,(H,8,12)(H,9,13)(H,14,15). The second-order valence-corrected chi connectivity index (χ2v) is 2.93. The van der Waals surface area contributed by atoms with Crippen molar-refractivity contribution in [1.29, 1.82) is 0 Å². The fraction of sp³-hybridized carbons (Fsp3) is 0.571. The van der Waals surface area contributed by atoms with Gasteiger partial charge in [0.05, 0.1) is 0 Å². The highest BCUT2D eigenvalue weighted by Crippen LogP contribution is 1.91. The lowest BCUT2D eigenvalue weighted by Gasteiger charge is -2.16. The summed E-state index contributed by atoms with van der Waals surface area (Å²) in [5, 5.41) is 13.5. The Labute approximate surface area is 84.1 Å². The second-order valence-electron chi connectivity index (χ2n) is 2.93. The number of amides is 1. The first-order valence-corrected chi connectivity index (χ1v) is 4.48. The van der Waals surface area contributed by atoms with Gasteiger partial charge in [0, 0.05) is 6.54 Å². The van der Waals surface area contributed by atoms with E-state index in [1.54, 1.807) is 0 Å². The van der Waals surface area contributed by atoms with Crippen LogP contribution in [-0.2, 0) is 0 Å². The molecule has 1 heterocycles. The maximum atomic E-state index is 11.1. The molecule has 0 saturated heterocycles. The van der Waals surface area contributed by atoms with Crippen LogP contribution in [0.2, 0.25) is 0 Å². The minimum atomic E-state index is -1.34. The zero-order valence-corrected chi connectivity index (χ0v) is 8.19. The summed E-state index contributed by atoms with van der Waals surface area (Å²) in [7, 11) is 0. The Kier molecular flexibility index (Phi) is 3.32. The number of hydrogen-bond donors (Lipinski definition) is 3. The molecule has 0 aliphatic heterocycles. The zero-order valence-electron chi connectivity index (χ0n) is 8.19. The van der Waals surface area contributed by atoms with Gasteiger partial charge < -0.3 is 5.11 Å². The maximum absolute atomic E-state index is 11.1. The molecule has 0 fully saturated rings. The highest BCUT2D eigenvalue weighted by atomic mass is 16.4. The van der Waals surface area contributed by atoms with E-state index in [9.17, 15) is 14.4 Å². The van der Waals surface area contributed by atoms with Crippen molar-refractivity contribution in [3.05, 3.63) is 21.0 Å². The van der Waals surface area contributed by atoms with Gasteiger partial charge in [-0.3, -0.25) is 0 Å². The molecule has 0 atom stereocenters. The van der Waals surface area contributed by atoms with Crippen molar-refractivity contribution in [2.45, 2.75) is 19.8 Å². The number of H-pyrrole nitrogens is 2. The molecule has 1 aromatic rings. The van der Waals surface area contributed by atoms with E-state index in [2.05, 4.69) is 0 Å². The highest BCUT2D eigenvalue weighted by Gasteiger charge is 2.18. The van der Waals surface area contributed by atoms with Crippen LogP contribution in [0.3, 0.4) is 0 Å². The van der Waals surface area contributed by atoms with Crippen molar-refractivity contribution in [3.8, 4) is 0 Å². The number of carbonyl (C=O) groups is 1. The van der Waals surface area contributed by atoms with Crippen molar-refractivity contribution in [2.24, 2.45) is 0 Å². The molecule has 0 saturated carbocycles. The molecule has 1 aromatic heterocycles. The van der Waals surface area contributed by atoms with Gasteiger partial charge in [0.2, 0.25) is 0 Å². The van der Waals surface area contributed by atoms with E-state index in [1.165, 1.54) is 0 Å². The number of carboxylic acid groups (broad SMARTS) is 1. The van der Waals surface area contributed by atoms with Crippen LogP contribution in [0, 0.1) is 0 Å². The zero-order chi connectivity index (χ0) is 11.4. The molecule has 0 radical (unpaired) electrons. The van der Waals surface area contributed by atoms with Crippen molar-refractivity contribution in [2.75, 3.05) is 11.6 Å². The normalized spacial score (nSPS) is 10.2. The van der Waals surface area contributed by atoms with Crippen LogP contribution in [0.4, 0.5) is 4.79 Å². The first-order chi connectivity index (χ1) is 7.07. The monoisotopic (exact) mass is 216 g/mol. The molecule has 15 heavy (non-hydrogen) atoms. The second kappa shape index (κ2) is 4.49. The van der Waals surface area contributed by atoms with Crippen molar-refractivity contribution < 1.29 is 9.90 Å². The van der Waals surface area contributed by atoms with Gasteiger partial charge in [-0.15, -0.1) is 4.68 Å². The van der Waals surface area contributed by atoms with Gasteiger partial charge in [0.25, 0.3) is 0 Å². The van der Waals surface area contributed by atoms with Gasteiger partial charge in [-0.2, -0.15) is 0 Å². The van der Waals surface area contributed by atoms with Crippen LogP contribution in [-0.4, -0.2) is 32.6 Å². The minimum absolute atomic E-state index is 0.104. The van der Waals surface area contributed by atoms with Crippen LogP contribution in [0.25, 0.3) is 0 Å². The molecular weight excluding hydrogens is 204 g/mol. The van der Waals surface area contributed by atoms with Gasteiger partial charge in [-0.05, 0) is 6.42 Å². The van der Waals surface area contributed by atoms with Gasteiger partial charge in [0.15, 0.2) is 0 Å². The Hall–Kier alpha value is -1.99. The largest absolute Gasteiger partial charge is 0.464 e. The first kappa shape index (κ1) is 11.1. The number of aromatic amines is 2. The Morgan fingerprint density at radius 1 is 1.40 bits per heavy atom. The fourth-order valence-electron chi connectivity index (χ4n) is 1.11. The summed E-state index contributed by atoms with van der Waals surface area (Å²) in [6, 6.07) is 0. The van der Waals surface area contributed by atoms with Crippen LogP contribution in [0.1, 0.15) is 19.8 Å². The van der Waals surface area contributed by atoms with E-state index >= 15 is 0 Å². The smallest absolute Gasteiger partial charge is 0.426 e. The van der Waals surface area contributed by atoms with E-state index in [0.29, 0.717) is 16.1 Å². The number of rotatable bonds is 4. The summed E-state index contributed by atoms with van der Waals surface area (Å²) in [5.74, 6) is 0. The predicted octanol–water partition coefficient (Wildman–Crippen LogP) is -0.719. The topological polar surface area (TPSA) is 111 Å². The number of nitrogens with zero attached hydrogens (tertiary/aromatic N) is 2. The van der Waals surface area contributed by atoms with Gasteiger partial charge in [-0.25, -0.2) is 29.6 Å². The summed E-state index contributed by atoms with van der Waals surface area (Å²) in [5.41, 5.74) is -1.59. The molecule has 0 aliphatic rings. The molecule has 84 valence electrons. The summed E-state index contributed by atoms with van der Waals surface area (Å²) >= 11 is 0. The average Bonchev–Trinajstić information content (AvgIpc) is 2.49. The first-order valence-electron chi connectivity index (χ1n) is 4.48. The summed E-state index contributed by atoms with van der Waals surface area (Å²) < 4.78 is 0.526. The number of hydrogen-bond acceptors (Lipinski definition) is 3. The van der Waals surface area contributed by atoms with E-state index in [0.717, 1.165) is 6.42 Å². The van der Waals surface area contributed by atoms with Crippen molar-refractivity contribution >= 4 is 6.09 Å². The Morgan fingerprint density at radius 2 is 1.93 bits per heavy atom. The van der Waals surface area contributed by atoms with E-state index in [4.69, 9.17) is 5.11 Å². The van der Waals surface area contributed by atoms with Gasteiger partial charge in [-0.1, -0.05) is 13.3 Å². The third kappa shape index (κ3) is 2.27. The molecule has 0 spiro atoms. The molecular formula is C7H12N4O4. The quantitative estimate of drug-likeness (QED) is 0.616. The third-order valence-electron chi connectivity index (χ3n) is 1.85. The minimum Gasteiger partial charge on any atom is -0.464 e. The number of aromatic nitrogens is 3. The summed E-state index contributed by atoms with van der Waals surface area (Å²) in [6.45, 7) is 1.98. The summed E-state index contributed by atoms with van der Waals surface area (Å²) in [4.78, 5) is 33.0. The molecule has 0 unspecified atom stereocenters. The molecule has 0 aromatic carbocycles. The SMILES string of the molecule is CCCCN(C(=O)O)n1c(=O)[nH][nH]c1=O. The number of nitrogens with one attached hydrogen (secondary N) is 2. The molecule has 3 N–H and O–H groups in total. The van der Waals surface area contributed by atoms with E-state index in [1.807, 2.05) is 17.1 Å². The fourth-order valence-corrected chi connectivity index (χ4v) is 1.11. The molecule has 0 bridgehead atoms. The van der Waals surface area contributed by atoms with Crippen LogP contribution in [0.15, 0.2) is 9.59 Å². The Balaban J connectivity index is 3.04. The van der Waals surface area contributed by atoms with Gasteiger partial charge in [0.1, 0.15) is 0 Å². The third-order valence-corrected chi connectivity index (χ3v) is 1.85. The lowest BCUT2D eigenvalue weighted by molar-refractivity contribution is 0.193. The van der Waals surface area contributed by atoms with Crippen LogP contribution in [0.5, 0.6) is 0 Å². The molecule has 8 nitrogen and oxygen atoms in total.